The van der Waals surface area contributed by atoms with Gasteiger partial charge in [-0.1, -0.05) is 30.3 Å². The van der Waals surface area contributed by atoms with E-state index in [-0.39, 0.29) is 30.0 Å². The van der Waals surface area contributed by atoms with Crippen LogP contribution in [0.2, 0.25) is 0 Å². The van der Waals surface area contributed by atoms with Crippen molar-refractivity contribution in [2.75, 3.05) is 6.61 Å². The fourth-order valence-corrected chi connectivity index (χ4v) is 5.37. The molecule has 4 nitrogen and oxygen atoms in total. The fraction of sp³-hybridized carbons (Fsp3) is 0.478. The van der Waals surface area contributed by atoms with Crippen molar-refractivity contribution < 1.29 is 9.90 Å². The van der Waals surface area contributed by atoms with Crippen LogP contribution in [0.4, 0.5) is 0 Å². The van der Waals surface area contributed by atoms with Gasteiger partial charge in [-0.05, 0) is 62.8 Å². The first-order valence-corrected chi connectivity index (χ1v) is 9.91. The number of carbonyl (C=O) groups is 1. The van der Waals surface area contributed by atoms with Gasteiger partial charge in [0.2, 0.25) is 5.91 Å². The summed E-state index contributed by atoms with van der Waals surface area (Å²) in [7, 11) is 0. The van der Waals surface area contributed by atoms with Gasteiger partial charge in [0.25, 0.3) is 0 Å². The van der Waals surface area contributed by atoms with Crippen LogP contribution in [0, 0.1) is 19.3 Å². The van der Waals surface area contributed by atoms with Gasteiger partial charge in [0.1, 0.15) is 0 Å². The lowest BCUT2D eigenvalue weighted by molar-refractivity contribution is -0.132. The smallest absolute Gasteiger partial charge is 0.227 e. The average molecular weight is 364 g/mol. The van der Waals surface area contributed by atoms with E-state index < -0.39 is 0 Å². The largest absolute Gasteiger partial charge is 0.396 e. The van der Waals surface area contributed by atoms with Gasteiger partial charge in [-0.25, -0.2) is 0 Å². The molecule has 0 radical (unpaired) electrons. The second-order valence-electron chi connectivity index (χ2n) is 8.37. The van der Waals surface area contributed by atoms with Crippen LogP contribution in [-0.4, -0.2) is 39.6 Å². The third kappa shape index (κ3) is 3.39. The molecule has 27 heavy (non-hydrogen) atoms. The molecule has 1 aromatic carbocycles. The van der Waals surface area contributed by atoms with E-state index in [1.54, 1.807) is 0 Å². The van der Waals surface area contributed by atoms with Crippen LogP contribution in [0.3, 0.4) is 0 Å². The highest BCUT2D eigenvalue weighted by Gasteiger charge is 2.56. The number of aliphatic hydroxyl groups is 1. The maximum Gasteiger partial charge on any atom is 0.227 e. The number of hydrogen-bond donors (Lipinski definition) is 1. The van der Waals surface area contributed by atoms with Gasteiger partial charge in [0.05, 0.1) is 13.0 Å². The summed E-state index contributed by atoms with van der Waals surface area (Å²) in [5.41, 5.74) is 3.98. The Morgan fingerprint density at radius 2 is 1.85 bits per heavy atom. The number of carbonyl (C=O) groups excluding carboxylic acids is 1. The van der Waals surface area contributed by atoms with E-state index in [4.69, 9.17) is 0 Å². The average Bonchev–Trinajstić information content (AvgIpc) is 3.18. The van der Waals surface area contributed by atoms with Crippen LogP contribution in [0.15, 0.2) is 42.5 Å². The minimum absolute atomic E-state index is 0.139. The molecule has 142 valence electrons. The van der Waals surface area contributed by atoms with Gasteiger partial charge < -0.3 is 10.0 Å². The number of rotatable bonds is 5. The summed E-state index contributed by atoms with van der Waals surface area (Å²) in [5, 5.41) is 10.3. The standard InChI is InChI=1S/C23H28N2O2/c1-16-10-19(11-17(2)24-16)12-22(27)25-20-8-9-21(25)23(14-20,15-26)13-18-6-4-3-5-7-18/h3-7,10-11,20-21,26H,8-9,12-15H2,1-2H3/t20-,21+,23-/m0/s1. The molecule has 2 fully saturated rings. The molecule has 2 aromatic rings. The first-order chi connectivity index (χ1) is 13.0. The van der Waals surface area contributed by atoms with Crippen LogP contribution in [0.1, 0.15) is 41.8 Å². The molecule has 3 heterocycles. The molecule has 1 amide bonds. The van der Waals surface area contributed by atoms with Crippen molar-refractivity contribution in [3.8, 4) is 0 Å². The molecule has 4 heteroatoms. The lowest BCUT2D eigenvalue weighted by Crippen LogP contribution is -2.44. The summed E-state index contributed by atoms with van der Waals surface area (Å²) in [6, 6.07) is 14.8. The Morgan fingerprint density at radius 3 is 2.52 bits per heavy atom. The molecule has 2 bridgehead atoms. The molecule has 0 spiro atoms. The molecule has 1 N–H and O–H groups in total. The van der Waals surface area contributed by atoms with E-state index in [1.807, 2.05) is 44.2 Å². The van der Waals surface area contributed by atoms with Gasteiger partial charge in [0.15, 0.2) is 0 Å². The highest BCUT2D eigenvalue weighted by Crippen LogP contribution is 2.51. The quantitative estimate of drug-likeness (QED) is 0.886. The van der Waals surface area contributed by atoms with Gasteiger partial charge in [-0.2, -0.15) is 0 Å². The Balaban J connectivity index is 1.55. The predicted molar refractivity (Wildman–Crippen MR) is 105 cm³/mol. The van der Waals surface area contributed by atoms with Crippen molar-refractivity contribution in [2.45, 2.75) is 58.0 Å². The Kier molecular flexibility index (Phi) is 4.77. The zero-order valence-electron chi connectivity index (χ0n) is 16.2. The number of aliphatic hydroxyl groups excluding tert-OH is 1. The van der Waals surface area contributed by atoms with Crippen LogP contribution < -0.4 is 0 Å². The zero-order valence-corrected chi connectivity index (χ0v) is 16.2. The van der Waals surface area contributed by atoms with Crippen LogP contribution >= 0.6 is 0 Å². The normalized spacial score (nSPS) is 26.6. The zero-order chi connectivity index (χ0) is 19.0. The van der Waals surface area contributed by atoms with E-state index in [2.05, 4.69) is 22.0 Å². The number of aryl methyl sites for hydroxylation is 2. The van der Waals surface area contributed by atoms with E-state index in [0.717, 1.165) is 42.6 Å². The first kappa shape index (κ1) is 18.2. The van der Waals surface area contributed by atoms with Gasteiger partial charge in [-0.15, -0.1) is 0 Å². The second kappa shape index (κ2) is 7.08. The summed E-state index contributed by atoms with van der Waals surface area (Å²) in [6.45, 7) is 4.08. The van der Waals surface area contributed by atoms with Crippen LogP contribution in [-0.2, 0) is 17.6 Å². The number of aromatic nitrogens is 1. The lowest BCUT2D eigenvalue weighted by Gasteiger charge is -2.36. The molecule has 0 saturated carbocycles. The number of benzene rings is 1. The lowest BCUT2D eigenvalue weighted by atomic mass is 9.70. The number of pyridine rings is 1. The van der Waals surface area contributed by atoms with Crippen molar-refractivity contribution in [3.05, 3.63) is 65.0 Å². The second-order valence-corrected chi connectivity index (χ2v) is 8.37. The molecule has 2 aliphatic rings. The van der Waals surface area contributed by atoms with Crippen molar-refractivity contribution in [1.29, 1.82) is 0 Å². The summed E-state index contributed by atoms with van der Waals surface area (Å²) < 4.78 is 0. The van der Waals surface area contributed by atoms with Crippen LogP contribution in [0.5, 0.6) is 0 Å². The van der Waals surface area contributed by atoms with E-state index in [0.29, 0.717) is 6.42 Å². The molecule has 2 aliphatic heterocycles. The van der Waals surface area contributed by atoms with Gasteiger partial charge in [-0.3, -0.25) is 9.78 Å². The van der Waals surface area contributed by atoms with E-state index in [9.17, 15) is 9.90 Å². The molecular weight excluding hydrogens is 336 g/mol. The third-order valence-corrected chi connectivity index (χ3v) is 6.35. The van der Waals surface area contributed by atoms with Crippen molar-refractivity contribution in [1.82, 2.24) is 9.88 Å². The Labute approximate surface area is 161 Å². The molecule has 0 unspecified atom stereocenters. The van der Waals surface area contributed by atoms with E-state index in [1.165, 1.54) is 5.56 Å². The highest BCUT2D eigenvalue weighted by atomic mass is 16.3. The minimum atomic E-state index is -0.204. The topological polar surface area (TPSA) is 53.4 Å². The predicted octanol–water partition coefficient (Wildman–Crippen LogP) is 3.23. The Bertz CT molecular complexity index is 815. The summed E-state index contributed by atoms with van der Waals surface area (Å²) in [6.07, 6.45) is 4.22. The summed E-state index contributed by atoms with van der Waals surface area (Å²) >= 11 is 0. The monoisotopic (exact) mass is 364 g/mol. The SMILES string of the molecule is Cc1cc(CC(=O)N2[C@H]3CC[C@@H]2[C@@](CO)(Cc2ccccc2)C3)cc(C)n1. The molecular formula is C23H28N2O2. The molecule has 1 aromatic heterocycles. The number of nitrogens with zero attached hydrogens (tertiary/aromatic N) is 2. The van der Waals surface area contributed by atoms with Gasteiger partial charge >= 0.3 is 0 Å². The van der Waals surface area contributed by atoms with Crippen molar-refractivity contribution in [3.63, 3.8) is 0 Å². The van der Waals surface area contributed by atoms with E-state index >= 15 is 0 Å². The maximum atomic E-state index is 13.2. The summed E-state index contributed by atoms with van der Waals surface area (Å²) in [4.78, 5) is 19.7. The Morgan fingerprint density at radius 1 is 1.15 bits per heavy atom. The van der Waals surface area contributed by atoms with Crippen molar-refractivity contribution >= 4 is 5.91 Å². The summed E-state index contributed by atoms with van der Waals surface area (Å²) in [5.74, 6) is 0.191. The third-order valence-electron chi connectivity index (χ3n) is 6.35. The minimum Gasteiger partial charge on any atom is -0.396 e. The molecule has 3 atom stereocenters. The maximum absolute atomic E-state index is 13.2. The number of fused-ring (bicyclic) bond motifs is 2. The first-order valence-electron chi connectivity index (χ1n) is 9.91. The van der Waals surface area contributed by atoms with Gasteiger partial charge in [0, 0.05) is 28.9 Å². The van der Waals surface area contributed by atoms with Crippen molar-refractivity contribution in [2.24, 2.45) is 5.41 Å². The number of amides is 1. The van der Waals surface area contributed by atoms with Crippen LogP contribution in [0.25, 0.3) is 0 Å². The number of hydrogen-bond acceptors (Lipinski definition) is 3. The molecule has 2 saturated heterocycles. The highest BCUT2D eigenvalue weighted by molar-refractivity contribution is 5.80. The fourth-order valence-electron chi connectivity index (χ4n) is 5.37. The molecule has 4 rings (SSSR count). The Hall–Kier alpha value is -2.20. The molecule has 0 aliphatic carbocycles.